The van der Waals surface area contributed by atoms with Crippen LogP contribution in [-0.4, -0.2) is 31.0 Å². The summed E-state index contributed by atoms with van der Waals surface area (Å²) in [5.41, 5.74) is 0. The molecule has 0 saturated heterocycles. The van der Waals surface area contributed by atoms with Gasteiger partial charge in [-0.2, -0.15) is 25.3 Å². The second-order valence-corrected chi connectivity index (χ2v) is 7.77. The average molecular weight is 227 g/mol. The Bertz CT molecular complexity index is 77.0. The highest BCUT2D eigenvalue weighted by molar-refractivity contribution is 7.80. The topological polar surface area (TPSA) is 9.23 Å². The molecule has 0 aromatic carbocycles. The van der Waals surface area contributed by atoms with Gasteiger partial charge in [-0.1, -0.05) is 0 Å². The zero-order valence-electron chi connectivity index (χ0n) is 7.12. The fourth-order valence-corrected chi connectivity index (χ4v) is 5.56. The van der Waals surface area contributed by atoms with E-state index in [9.17, 15) is 0 Å². The van der Waals surface area contributed by atoms with Crippen molar-refractivity contribution in [2.45, 2.75) is 24.9 Å². The molecule has 0 heterocycles. The van der Waals surface area contributed by atoms with Crippen molar-refractivity contribution in [3.63, 3.8) is 0 Å². The van der Waals surface area contributed by atoms with Crippen LogP contribution >= 0.6 is 25.3 Å². The first-order valence-corrected chi connectivity index (χ1v) is 8.28. The van der Waals surface area contributed by atoms with Crippen LogP contribution in [0.4, 0.5) is 0 Å². The van der Waals surface area contributed by atoms with Gasteiger partial charge in [0, 0.05) is 0 Å². The van der Waals surface area contributed by atoms with Crippen molar-refractivity contribution in [3.8, 4) is 0 Å². The predicted octanol–water partition coefficient (Wildman–Crippen LogP) is 0.647. The van der Waals surface area contributed by atoms with Gasteiger partial charge in [0.2, 0.25) is 0 Å². The monoisotopic (exact) mass is 226 g/mol. The Hall–Kier alpha value is 1.09. The van der Waals surface area contributed by atoms with Gasteiger partial charge in [-0.05, 0) is 36.4 Å². The van der Waals surface area contributed by atoms with Crippen molar-refractivity contribution in [2.75, 3.05) is 11.5 Å². The molecular formula is C6H18OS2Si2. The lowest BCUT2D eigenvalue weighted by molar-refractivity contribution is 0.618. The second-order valence-electron chi connectivity index (χ2n) is 2.59. The molecule has 0 aliphatic rings. The molecule has 0 aliphatic heterocycles. The van der Waals surface area contributed by atoms with E-state index < -0.39 is 9.04 Å². The summed E-state index contributed by atoms with van der Waals surface area (Å²) < 4.78 is 5.56. The van der Waals surface area contributed by atoms with Gasteiger partial charge in [-0.15, -0.1) is 0 Å². The fraction of sp³-hybridized carbons (Fsp3) is 1.00. The number of thiol groups is 2. The van der Waals surface area contributed by atoms with E-state index in [4.69, 9.17) is 4.12 Å². The maximum absolute atomic E-state index is 5.56. The number of hydrogen-bond donors (Lipinski definition) is 2. The first-order chi connectivity index (χ1) is 5.35. The van der Waals surface area contributed by atoms with Crippen LogP contribution in [0.3, 0.4) is 0 Å². The molecule has 0 atom stereocenters. The molecule has 1 nitrogen and oxygen atoms in total. The molecule has 0 aromatic rings. The molecule has 0 bridgehead atoms. The Morgan fingerprint density at radius 1 is 1.09 bits per heavy atom. The van der Waals surface area contributed by atoms with Crippen LogP contribution in [0.1, 0.15) is 12.8 Å². The zero-order chi connectivity index (χ0) is 8.53. The molecule has 0 N–H and O–H groups in total. The highest BCUT2D eigenvalue weighted by Gasteiger charge is 2.07. The molecule has 0 saturated carbocycles. The second kappa shape index (κ2) is 9.18. The molecule has 5 heteroatoms. The lowest BCUT2D eigenvalue weighted by Gasteiger charge is -2.11. The van der Waals surface area contributed by atoms with Gasteiger partial charge >= 0.3 is 0 Å². The van der Waals surface area contributed by atoms with Gasteiger partial charge < -0.3 is 4.12 Å². The third-order valence-corrected chi connectivity index (χ3v) is 7.11. The molecule has 11 heavy (non-hydrogen) atoms. The van der Waals surface area contributed by atoms with E-state index in [1.165, 1.54) is 24.9 Å². The Kier molecular flexibility index (Phi) is 10.1. The minimum absolute atomic E-state index is 0.784. The van der Waals surface area contributed by atoms with Crippen LogP contribution < -0.4 is 0 Å². The van der Waals surface area contributed by atoms with Crippen molar-refractivity contribution in [1.29, 1.82) is 0 Å². The summed E-state index contributed by atoms with van der Waals surface area (Å²) in [4.78, 5) is 0. The van der Waals surface area contributed by atoms with Crippen LogP contribution in [0.15, 0.2) is 0 Å². The molecule has 0 amide bonds. The molecular weight excluding hydrogens is 208 g/mol. The summed E-state index contributed by atoms with van der Waals surface area (Å²) in [6.07, 6.45) is 2.46. The predicted molar refractivity (Wildman–Crippen MR) is 64.7 cm³/mol. The van der Waals surface area contributed by atoms with Gasteiger partial charge in [0.25, 0.3) is 0 Å². The summed E-state index contributed by atoms with van der Waals surface area (Å²) in [7, 11) is 0.133. The largest absolute Gasteiger partial charge is 0.465 e. The molecule has 0 spiro atoms. The lowest BCUT2D eigenvalue weighted by Crippen LogP contribution is -2.16. The van der Waals surface area contributed by atoms with E-state index in [0.717, 1.165) is 22.0 Å². The maximum Gasteiger partial charge on any atom is 0.162 e. The molecule has 0 fully saturated rings. The Labute approximate surface area is 85.4 Å². The molecule has 0 radical (unpaired) electrons. The molecule has 0 aromatic heterocycles. The van der Waals surface area contributed by atoms with Gasteiger partial charge in [0.05, 0.1) is 0 Å². The average Bonchev–Trinajstić information content (AvgIpc) is 2.05. The van der Waals surface area contributed by atoms with Gasteiger partial charge in [0.15, 0.2) is 9.04 Å². The minimum atomic E-state index is -0.784. The van der Waals surface area contributed by atoms with Crippen LogP contribution in [0.25, 0.3) is 0 Å². The van der Waals surface area contributed by atoms with Gasteiger partial charge in [0.1, 0.15) is 10.5 Å². The summed E-state index contributed by atoms with van der Waals surface area (Å²) in [5, 5.41) is 0. The standard InChI is InChI=1S/C6H18OS2Si2/c8-3-1-5-11(7-10)6-2-4-9/h8-9,11H,1-6H2,10H3. The minimum Gasteiger partial charge on any atom is -0.465 e. The van der Waals surface area contributed by atoms with Crippen molar-refractivity contribution in [2.24, 2.45) is 0 Å². The van der Waals surface area contributed by atoms with Crippen molar-refractivity contribution < 1.29 is 4.12 Å². The lowest BCUT2D eigenvalue weighted by atomic mass is 10.6. The Morgan fingerprint density at radius 3 is 1.82 bits per heavy atom. The molecule has 0 rings (SSSR count). The first kappa shape index (κ1) is 12.1. The highest BCUT2D eigenvalue weighted by Crippen LogP contribution is 2.07. The summed E-state index contributed by atoms with van der Waals surface area (Å²) in [5.74, 6) is 2.02. The highest BCUT2D eigenvalue weighted by atomic mass is 32.1. The molecule has 0 unspecified atom stereocenters. The van der Waals surface area contributed by atoms with E-state index in [1.807, 2.05) is 0 Å². The smallest absolute Gasteiger partial charge is 0.162 e. The van der Waals surface area contributed by atoms with Crippen LogP contribution in [0.5, 0.6) is 0 Å². The van der Waals surface area contributed by atoms with Crippen LogP contribution in [0.2, 0.25) is 12.1 Å². The van der Waals surface area contributed by atoms with Crippen molar-refractivity contribution >= 4 is 44.8 Å². The van der Waals surface area contributed by atoms with E-state index in [1.54, 1.807) is 0 Å². The van der Waals surface area contributed by atoms with E-state index in [-0.39, 0.29) is 0 Å². The number of hydrogen-bond acceptors (Lipinski definition) is 3. The summed E-state index contributed by atoms with van der Waals surface area (Å²) in [6, 6.07) is 2.61. The fourth-order valence-electron chi connectivity index (χ4n) is 1.02. The molecule has 0 aliphatic carbocycles. The SMILES string of the molecule is [SiH3]O[SiH](CCCS)CCCS. The third-order valence-electron chi connectivity index (χ3n) is 1.70. The van der Waals surface area contributed by atoms with Gasteiger partial charge in [-0.25, -0.2) is 0 Å². The van der Waals surface area contributed by atoms with Crippen molar-refractivity contribution in [3.05, 3.63) is 0 Å². The van der Waals surface area contributed by atoms with E-state index in [2.05, 4.69) is 25.3 Å². The summed E-state index contributed by atoms with van der Waals surface area (Å²) in [6.45, 7) is 0. The van der Waals surface area contributed by atoms with Crippen molar-refractivity contribution in [1.82, 2.24) is 0 Å². The molecule has 68 valence electrons. The third kappa shape index (κ3) is 7.45. The Balaban J connectivity index is 3.25. The maximum atomic E-state index is 5.56. The van der Waals surface area contributed by atoms with Gasteiger partial charge in [-0.3, -0.25) is 0 Å². The van der Waals surface area contributed by atoms with E-state index in [0.29, 0.717) is 0 Å². The Morgan fingerprint density at radius 2 is 1.55 bits per heavy atom. The normalized spacial score (nSPS) is 11.2. The quantitative estimate of drug-likeness (QED) is 0.479. The van der Waals surface area contributed by atoms with Crippen LogP contribution in [0, 0.1) is 0 Å². The first-order valence-electron chi connectivity index (χ1n) is 4.09. The van der Waals surface area contributed by atoms with E-state index >= 15 is 0 Å². The zero-order valence-corrected chi connectivity index (χ0v) is 12.1. The van der Waals surface area contributed by atoms with Crippen LogP contribution in [-0.2, 0) is 4.12 Å². The summed E-state index contributed by atoms with van der Waals surface area (Å²) >= 11 is 8.38. The number of rotatable bonds is 7.